The molecule has 0 saturated carbocycles. The minimum Gasteiger partial charge on any atom is -0.376 e. The number of hydrogen-bond acceptors (Lipinski definition) is 4. The van der Waals surface area contributed by atoms with Gasteiger partial charge in [0.25, 0.3) is 0 Å². The van der Waals surface area contributed by atoms with Crippen LogP contribution in [0, 0.1) is 0 Å². The molecule has 1 atom stereocenters. The molecule has 0 radical (unpaired) electrons. The highest BCUT2D eigenvalue weighted by Gasteiger charge is 2.31. The summed E-state index contributed by atoms with van der Waals surface area (Å²) in [5, 5.41) is 2.51. The molecule has 0 aliphatic carbocycles. The molecule has 24 heavy (non-hydrogen) atoms. The molecule has 1 aliphatic rings. The van der Waals surface area contributed by atoms with Gasteiger partial charge < -0.3 is 10.1 Å². The van der Waals surface area contributed by atoms with E-state index in [1.54, 1.807) is 0 Å². The van der Waals surface area contributed by atoms with Crippen molar-refractivity contribution in [1.82, 2.24) is 10.0 Å². The molecule has 0 spiro atoms. The zero-order chi connectivity index (χ0) is 17.8. The number of benzene rings is 1. The van der Waals surface area contributed by atoms with Gasteiger partial charge in [-0.2, -0.15) is 13.2 Å². The van der Waals surface area contributed by atoms with Crippen molar-refractivity contribution in [1.29, 1.82) is 0 Å². The third-order valence-corrected chi connectivity index (χ3v) is 4.84. The molecule has 0 bridgehead atoms. The minimum atomic E-state index is -4.65. The molecule has 1 saturated heterocycles. The fourth-order valence-corrected chi connectivity index (χ4v) is 3.21. The van der Waals surface area contributed by atoms with Gasteiger partial charge in [0.1, 0.15) is 0 Å². The third kappa shape index (κ3) is 5.18. The quantitative estimate of drug-likeness (QED) is 0.794. The highest BCUT2D eigenvalue weighted by molar-refractivity contribution is 7.89. The number of sulfonamides is 1. The molecule has 1 fully saturated rings. The number of alkyl halides is 3. The van der Waals surface area contributed by atoms with Crippen molar-refractivity contribution in [3.8, 4) is 0 Å². The van der Waals surface area contributed by atoms with E-state index in [0.717, 1.165) is 31.0 Å². The van der Waals surface area contributed by atoms with E-state index < -0.39 is 39.1 Å². The predicted molar refractivity (Wildman–Crippen MR) is 78.6 cm³/mol. The fraction of sp³-hybridized carbons (Fsp3) is 0.500. The summed E-state index contributed by atoms with van der Waals surface area (Å²) in [6.07, 6.45) is -3.02. The first-order valence-corrected chi connectivity index (χ1v) is 8.72. The Morgan fingerprint density at radius 2 is 2.08 bits per heavy atom. The normalized spacial score (nSPS) is 18.5. The predicted octanol–water partition coefficient (Wildman–Crippen LogP) is 1.28. The van der Waals surface area contributed by atoms with Crippen LogP contribution in [0.15, 0.2) is 29.2 Å². The third-order valence-electron chi connectivity index (χ3n) is 3.45. The van der Waals surface area contributed by atoms with E-state index in [9.17, 15) is 26.4 Å². The van der Waals surface area contributed by atoms with E-state index in [1.807, 2.05) is 4.72 Å². The summed E-state index contributed by atoms with van der Waals surface area (Å²) in [4.78, 5) is 11.1. The maximum atomic E-state index is 12.6. The van der Waals surface area contributed by atoms with Gasteiger partial charge in [0.15, 0.2) is 0 Å². The monoisotopic (exact) mass is 366 g/mol. The Balaban J connectivity index is 1.92. The second-order valence-corrected chi connectivity index (χ2v) is 7.06. The average Bonchev–Trinajstić information content (AvgIpc) is 3.04. The molecular weight excluding hydrogens is 349 g/mol. The van der Waals surface area contributed by atoms with Crippen LogP contribution in [-0.4, -0.2) is 40.1 Å². The average molecular weight is 366 g/mol. The molecule has 2 rings (SSSR count). The Morgan fingerprint density at radius 3 is 2.71 bits per heavy atom. The molecule has 1 aromatic carbocycles. The fourth-order valence-electron chi connectivity index (χ4n) is 2.18. The largest absolute Gasteiger partial charge is 0.416 e. The molecule has 1 unspecified atom stereocenters. The molecule has 1 aliphatic heterocycles. The summed E-state index contributed by atoms with van der Waals surface area (Å²) in [6.45, 7) is 0.331. The summed E-state index contributed by atoms with van der Waals surface area (Å²) in [5.74, 6) is -0.582. The van der Waals surface area contributed by atoms with Crippen molar-refractivity contribution in [3.63, 3.8) is 0 Å². The Morgan fingerprint density at radius 1 is 1.33 bits per heavy atom. The number of rotatable bonds is 6. The molecule has 0 aromatic heterocycles. The van der Waals surface area contributed by atoms with Crippen LogP contribution < -0.4 is 10.0 Å². The summed E-state index contributed by atoms with van der Waals surface area (Å²) < 4.78 is 69.2. The molecule has 10 heteroatoms. The second kappa shape index (κ2) is 7.49. The summed E-state index contributed by atoms with van der Waals surface area (Å²) in [6, 6.07) is 3.32. The molecule has 1 amide bonds. The van der Waals surface area contributed by atoms with Gasteiger partial charge in [-0.3, -0.25) is 4.79 Å². The second-order valence-electron chi connectivity index (χ2n) is 5.29. The first-order chi connectivity index (χ1) is 11.2. The van der Waals surface area contributed by atoms with E-state index >= 15 is 0 Å². The van der Waals surface area contributed by atoms with Crippen molar-refractivity contribution in [2.45, 2.75) is 30.0 Å². The molecule has 2 N–H and O–H groups in total. The van der Waals surface area contributed by atoms with E-state index in [2.05, 4.69) is 5.32 Å². The van der Waals surface area contributed by atoms with Crippen molar-refractivity contribution in [2.75, 3.05) is 19.7 Å². The van der Waals surface area contributed by atoms with E-state index in [-0.39, 0.29) is 12.6 Å². The van der Waals surface area contributed by atoms with Gasteiger partial charge in [-0.1, -0.05) is 6.07 Å². The van der Waals surface area contributed by atoms with Crippen LogP contribution in [0.2, 0.25) is 0 Å². The number of amides is 1. The zero-order valence-corrected chi connectivity index (χ0v) is 13.4. The summed E-state index contributed by atoms with van der Waals surface area (Å²) >= 11 is 0. The number of carbonyl (C=O) groups excluding carboxylic acids is 1. The van der Waals surface area contributed by atoms with Crippen LogP contribution in [0.1, 0.15) is 18.4 Å². The lowest BCUT2D eigenvalue weighted by Gasteiger charge is -2.12. The van der Waals surface area contributed by atoms with Gasteiger partial charge in [0.05, 0.1) is 23.1 Å². The SMILES string of the molecule is O=C(CNS(=O)(=O)c1cccc(C(F)(F)F)c1)NCC1CCCO1. The van der Waals surface area contributed by atoms with Crippen LogP contribution in [-0.2, 0) is 25.7 Å². The van der Waals surface area contributed by atoms with Gasteiger partial charge in [0, 0.05) is 13.2 Å². The van der Waals surface area contributed by atoms with Gasteiger partial charge in [-0.05, 0) is 31.0 Å². The van der Waals surface area contributed by atoms with E-state index in [0.29, 0.717) is 12.7 Å². The molecule has 1 heterocycles. The highest BCUT2D eigenvalue weighted by Crippen LogP contribution is 2.30. The van der Waals surface area contributed by atoms with E-state index in [4.69, 9.17) is 4.74 Å². The maximum absolute atomic E-state index is 12.6. The lowest BCUT2D eigenvalue weighted by Crippen LogP contribution is -2.39. The number of nitrogens with one attached hydrogen (secondary N) is 2. The Kier molecular flexibility index (Phi) is 5.83. The van der Waals surface area contributed by atoms with Gasteiger partial charge >= 0.3 is 6.18 Å². The van der Waals surface area contributed by atoms with Crippen LogP contribution in [0.3, 0.4) is 0 Å². The van der Waals surface area contributed by atoms with Crippen LogP contribution in [0.4, 0.5) is 13.2 Å². The summed E-state index contributed by atoms with van der Waals surface area (Å²) in [5.41, 5.74) is -1.08. The number of halogens is 3. The zero-order valence-electron chi connectivity index (χ0n) is 12.6. The van der Waals surface area contributed by atoms with Crippen molar-refractivity contribution < 1.29 is 31.1 Å². The lowest BCUT2D eigenvalue weighted by atomic mass is 10.2. The lowest BCUT2D eigenvalue weighted by molar-refractivity contribution is -0.137. The maximum Gasteiger partial charge on any atom is 0.416 e. The Bertz CT molecular complexity index is 686. The van der Waals surface area contributed by atoms with E-state index in [1.165, 1.54) is 0 Å². The molecular formula is C14H17F3N2O4S. The number of hydrogen-bond donors (Lipinski definition) is 2. The van der Waals surface area contributed by atoms with Crippen LogP contribution in [0.5, 0.6) is 0 Å². The standard InChI is InChI=1S/C14H17F3N2O4S/c15-14(16,17)10-3-1-5-12(7-10)24(21,22)19-9-13(20)18-8-11-4-2-6-23-11/h1,3,5,7,11,19H,2,4,6,8-9H2,(H,18,20). The van der Waals surface area contributed by atoms with Crippen LogP contribution in [0.25, 0.3) is 0 Å². The first-order valence-electron chi connectivity index (χ1n) is 7.24. The number of carbonyl (C=O) groups is 1. The first kappa shape index (κ1) is 18.7. The van der Waals surface area contributed by atoms with Crippen molar-refractivity contribution in [3.05, 3.63) is 29.8 Å². The van der Waals surface area contributed by atoms with Gasteiger partial charge in [-0.25, -0.2) is 13.1 Å². The highest BCUT2D eigenvalue weighted by atomic mass is 32.2. The smallest absolute Gasteiger partial charge is 0.376 e. The minimum absolute atomic E-state index is 0.0889. The van der Waals surface area contributed by atoms with Crippen LogP contribution >= 0.6 is 0 Å². The molecule has 6 nitrogen and oxygen atoms in total. The van der Waals surface area contributed by atoms with Crippen molar-refractivity contribution in [2.24, 2.45) is 0 Å². The topological polar surface area (TPSA) is 84.5 Å². The van der Waals surface area contributed by atoms with Gasteiger partial charge in [0.2, 0.25) is 15.9 Å². The summed E-state index contributed by atoms with van der Waals surface area (Å²) in [7, 11) is -4.22. The molecule has 1 aromatic rings. The Hall–Kier alpha value is -1.65. The van der Waals surface area contributed by atoms with Gasteiger partial charge in [-0.15, -0.1) is 0 Å². The Labute approximate surface area is 137 Å². The number of ether oxygens (including phenoxy) is 1. The molecule has 134 valence electrons. The van der Waals surface area contributed by atoms with Crippen molar-refractivity contribution >= 4 is 15.9 Å².